The van der Waals surface area contributed by atoms with Crippen LogP contribution < -0.4 is 0 Å². The molecular weight excluding hydrogens is 562 g/mol. The summed E-state index contributed by atoms with van der Waals surface area (Å²) in [5.74, 6) is 1.94. The molecule has 0 saturated heterocycles. The summed E-state index contributed by atoms with van der Waals surface area (Å²) in [6.07, 6.45) is 0. The van der Waals surface area contributed by atoms with E-state index in [0.29, 0.717) is 17.5 Å². The van der Waals surface area contributed by atoms with Gasteiger partial charge in [-0.2, -0.15) is 5.10 Å². The van der Waals surface area contributed by atoms with E-state index in [1.54, 1.807) is 0 Å². The number of benzene rings is 5. The molecule has 220 valence electrons. The van der Waals surface area contributed by atoms with Crippen LogP contribution >= 0.6 is 0 Å². The lowest BCUT2D eigenvalue weighted by Crippen LogP contribution is -2.00. The average molecular weight is 594 g/mol. The van der Waals surface area contributed by atoms with E-state index in [2.05, 4.69) is 153 Å². The van der Waals surface area contributed by atoms with Gasteiger partial charge in [0.25, 0.3) is 0 Å². The summed E-state index contributed by atoms with van der Waals surface area (Å²) in [5, 5.41) is 7.59. The molecular formula is C41H31N5. The second-order valence-electron chi connectivity index (χ2n) is 11.8. The highest BCUT2D eigenvalue weighted by Crippen LogP contribution is 2.35. The maximum absolute atomic E-state index is 5.21. The van der Waals surface area contributed by atoms with Gasteiger partial charge in [-0.05, 0) is 32.2 Å². The lowest BCUT2D eigenvalue weighted by molar-refractivity contribution is 0.979. The second kappa shape index (κ2) is 11.2. The summed E-state index contributed by atoms with van der Waals surface area (Å²) in [4.78, 5) is 14.8. The van der Waals surface area contributed by atoms with Gasteiger partial charge in [-0.15, -0.1) is 0 Å². The molecule has 0 bridgehead atoms. The highest BCUT2D eigenvalue weighted by Gasteiger charge is 2.18. The molecule has 0 amide bonds. The van der Waals surface area contributed by atoms with Crippen LogP contribution in [0.15, 0.2) is 133 Å². The van der Waals surface area contributed by atoms with Gasteiger partial charge in [0.2, 0.25) is 0 Å². The van der Waals surface area contributed by atoms with E-state index in [-0.39, 0.29) is 0 Å². The van der Waals surface area contributed by atoms with Gasteiger partial charge < -0.3 is 0 Å². The summed E-state index contributed by atoms with van der Waals surface area (Å²) in [6, 6.07) is 46.3. The van der Waals surface area contributed by atoms with Crippen LogP contribution in [-0.4, -0.2) is 24.6 Å². The third-order valence-corrected chi connectivity index (χ3v) is 8.60. The van der Waals surface area contributed by atoms with Crippen molar-refractivity contribution in [1.29, 1.82) is 0 Å². The molecule has 0 aliphatic carbocycles. The number of fused-ring (bicyclic) bond motifs is 3. The van der Waals surface area contributed by atoms with Crippen LogP contribution in [0.1, 0.15) is 16.7 Å². The molecule has 5 aromatic carbocycles. The first-order valence-electron chi connectivity index (χ1n) is 15.5. The Labute approximate surface area is 267 Å². The fraction of sp³-hybridized carbons (Fsp3) is 0.0732. The van der Waals surface area contributed by atoms with Crippen molar-refractivity contribution in [2.45, 2.75) is 20.8 Å². The molecule has 0 saturated carbocycles. The number of pyridine rings is 1. The smallest absolute Gasteiger partial charge is 0.164 e. The van der Waals surface area contributed by atoms with Gasteiger partial charge in [-0.3, -0.25) is 0 Å². The first-order chi connectivity index (χ1) is 22.5. The van der Waals surface area contributed by atoms with Gasteiger partial charge in [-0.1, -0.05) is 139 Å². The SMILES string of the molecule is Cc1ccc(-c2nc(-c3ccc(C)cc3)nc(-c3ccc(-c4nn5c(-c6ccccc6)cc6ccccc6c5c4C)cc3)n2)cc1. The van der Waals surface area contributed by atoms with Gasteiger partial charge in [0.1, 0.15) is 0 Å². The number of aromatic nitrogens is 5. The number of nitrogens with zero attached hydrogens (tertiary/aromatic N) is 5. The van der Waals surface area contributed by atoms with E-state index in [1.165, 1.54) is 21.9 Å². The fourth-order valence-electron chi connectivity index (χ4n) is 6.07. The van der Waals surface area contributed by atoms with Crippen LogP contribution in [0.3, 0.4) is 0 Å². The zero-order valence-electron chi connectivity index (χ0n) is 25.9. The third-order valence-electron chi connectivity index (χ3n) is 8.60. The number of aryl methyl sites for hydroxylation is 3. The maximum atomic E-state index is 5.21. The standard InChI is InChI=1S/C41H31N5/c1-26-13-17-31(18-14-26)39-42-40(32-19-15-27(2)16-20-32)44-41(43-39)33-23-21-30(22-24-33)37-28(3)38-35-12-8-7-11-34(35)25-36(46(38)45-37)29-9-5-4-6-10-29/h4-25H,1-3H3. The Kier molecular flexibility index (Phi) is 6.72. The Balaban J connectivity index is 1.25. The minimum Gasteiger partial charge on any atom is -0.232 e. The molecule has 5 nitrogen and oxygen atoms in total. The molecule has 3 aromatic heterocycles. The largest absolute Gasteiger partial charge is 0.232 e. The van der Waals surface area contributed by atoms with E-state index < -0.39 is 0 Å². The van der Waals surface area contributed by atoms with Gasteiger partial charge in [0.15, 0.2) is 17.5 Å². The van der Waals surface area contributed by atoms with Crippen molar-refractivity contribution >= 4 is 16.3 Å². The number of hydrogen-bond acceptors (Lipinski definition) is 4. The molecule has 8 rings (SSSR count). The molecule has 0 unspecified atom stereocenters. The van der Waals surface area contributed by atoms with Crippen molar-refractivity contribution in [2.75, 3.05) is 0 Å². The van der Waals surface area contributed by atoms with Crippen molar-refractivity contribution in [2.24, 2.45) is 0 Å². The van der Waals surface area contributed by atoms with Crippen LogP contribution in [0, 0.1) is 20.8 Å². The Morgan fingerprint density at radius 2 is 0.935 bits per heavy atom. The summed E-state index contributed by atoms with van der Waals surface area (Å²) in [6.45, 7) is 6.33. The number of hydrogen-bond donors (Lipinski definition) is 0. The molecule has 0 N–H and O–H groups in total. The summed E-state index contributed by atoms with van der Waals surface area (Å²) in [7, 11) is 0. The highest BCUT2D eigenvalue weighted by molar-refractivity contribution is 6.01. The van der Waals surface area contributed by atoms with Crippen LogP contribution in [0.5, 0.6) is 0 Å². The van der Waals surface area contributed by atoms with Crippen molar-refractivity contribution in [3.63, 3.8) is 0 Å². The van der Waals surface area contributed by atoms with Crippen molar-refractivity contribution in [3.8, 4) is 56.7 Å². The fourth-order valence-corrected chi connectivity index (χ4v) is 6.07. The third kappa shape index (κ3) is 4.92. The molecule has 0 aliphatic rings. The van der Waals surface area contributed by atoms with Crippen LogP contribution in [0.4, 0.5) is 0 Å². The maximum Gasteiger partial charge on any atom is 0.164 e. The quantitative estimate of drug-likeness (QED) is 0.199. The van der Waals surface area contributed by atoms with E-state index in [9.17, 15) is 0 Å². The zero-order valence-corrected chi connectivity index (χ0v) is 25.9. The van der Waals surface area contributed by atoms with Crippen molar-refractivity contribution < 1.29 is 0 Å². The first-order valence-corrected chi connectivity index (χ1v) is 15.5. The van der Waals surface area contributed by atoms with Gasteiger partial charge in [-0.25, -0.2) is 19.5 Å². The molecule has 0 aliphatic heterocycles. The van der Waals surface area contributed by atoms with Crippen LogP contribution in [-0.2, 0) is 0 Å². The monoisotopic (exact) mass is 593 g/mol. The van der Waals surface area contributed by atoms with E-state index in [0.717, 1.165) is 50.3 Å². The van der Waals surface area contributed by atoms with Crippen LogP contribution in [0.25, 0.3) is 73.0 Å². The lowest BCUT2D eigenvalue weighted by Gasteiger charge is -2.09. The molecule has 0 radical (unpaired) electrons. The molecule has 3 heterocycles. The highest BCUT2D eigenvalue weighted by atomic mass is 15.2. The molecule has 46 heavy (non-hydrogen) atoms. The summed E-state index contributed by atoms with van der Waals surface area (Å²) in [5.41, 5.74) is 11.7. The van der Waals surface area contributed by atoms with Crippen LogP contribution in [0.2, 0.25) is 0 Å². The number of rotatable bonds is 5. The van der Waals surface area contributed by atoms with E-state index in [1.807, 2.05) is 6.07 Å². The lowest BCUT2D eigenvalue weighted by atomic mass is 10.0. The van der Waals surface area contributed by atoms with E-state index in [4.69, 9.17) is 20.1 Å². The Bertz CT molecular complexity index is 2290. The minimum absolute atomic E-state index is 0.636. The predicted molar refractivity (Wildman–Crippen MR) is 187 cm³/mol. The van der Waals surface area contributed by atoms with Crippen molar-refractivity contribution in [3.05, 3.63) is 150 Å². The molecule has 0 fully saturated rings. The van der Waals surface area contributed by atoms with Crippen molar-refractivity contribution in [1.82, 2.24) is 24.6 Å². The van der Waals surface area contributed by atoms with Gasteiger partial charge >= 0.3 is 0 Å². The Morgan fingerprint density at radius 1 is 0.457 bits per heavy atom. The summed E-state index contributed by atoms with van der Waals surface area (Å²) < 4.78 is 2.10. The Morgan fingerprint density at radius 3 is 1.50 bits per heavy atom. The van der Waals surface area contributed by atoms with E-state index >= 15 is 0 Å². The second-order valence-corrected chi connectivity index (χ2v) is 11.8. The molecule has 0 spiro atoms. The summed E-state index contributed by atoms with van der Waals surface area (Å²) >= 11 is 0. The molecule has 5 heteroatoms. The van der Waals surface area contributed by atoms with Gasteiger partial charge in [0.05, 0.1) is 16.9 Å². The predicted octanol–water partition coefficient (Wildman–Crippen LogP) is 9.93. The zero-order chi connectivity index (χ0) is 31.2. The topological polar surface area (TPSA) is 56.0 Å². The average Bonchev–Trinajstić information content (AvgIpc) is 3.46. The van der Waals surface area contributed by atoms with Gasteiger partial charge in [0, 0.05) is 38.8 Å². The molecule has 8 aromatic rings. The molecule has 0 atom stereocenters. The minimum atomic E-state index is 0.636. The Hall–Kier alpha value is -5.94. The normalized spacial score (nSPS) is 11.4. The first kappa shape index (κ1) is 27.6.